The van der Waals surface area contributed by atoms with Gasteiger partial charge in [-0.2, -0.15) is 0 Å². The molecular weight excluding hydrogens is 446 g/mol. The molecule has 5 rings (SSSR count). The van der Waals surface area contributed by atoms with E-state index in [0.29, 0.717) is 19.6 Å². The molecule has 0 bridgehead atoms. The number of likely N-dealkylation sites (N-methyl/N-ethyl adjacent to an activating group) is 1. The Morgan fingerprint density at radius 3 is 2.57 bits per heavy atom. The van der Waals surface area contributed by atoms with Crippen LogP contribution in [0.4, 0.5) is 0 Å². The number of ether oxygens (including phenoxy) is 1. The van der Waals surface area contributed by atoms with Crippen molar-refractivity contribution in [2.24, 2.45) is 11.8 Å². The molecule has 186 valence electrons. The van der Waals surface area contributed by atoms with Crippen molar-refractivity contribution in [1.82, 2.24) is 14.7 Å². The first-order chi connectivity index (χ1) is 16.9. The van der Waals surface area contributed by atoms with Gasteiger partial charge in [0.1, 0.15) is 11.6 Å². The zero-order valence-electron chi connectivity index (χ0n) is 20.2. The van der Waals surface area contributed by atoms with Gasteiger partial charge in [-0.05, 0) is 12.0 Å². The molecule has 3 amide bonds. The molecule has 4 heterocycles. The van der Waals surface area contributed by atoms with E-state index in [9.17, 15) is 19.5 Å². The summed E-state index contributed by atoms with van der Waals surface area (Å²) >= 11 is 0. The van der Waals surface area contributed by atoms with Gasteiger partial charge in [-0.25, -0.2) is 0 Å². The molecule has 8 heteroatoms. The number of aliphatic hydroxyl groups excluding tert-OH is 1. The minimum Gasteiger partial charge on any atom is -0.394 e. The Hall–Kier alpha value is -2.97. The lowest BCUT2D eigenvalue weighted by atomic mass is 9.77. The highest BCUT2D eigenvalue weighted by Crippen LogP contribution is 2.55. The molecule has 35 heavy (non-hydrogen) atoms. The van der Waals surface area contributed by atoms with E-state index in [1.807, 2.05) is 54.6 Å². The van der Waals surface area contributed by atoms with Crippen molar-refractivity contribution in [3.63, 3.8) is 0 Å². The minimum absolute atomic E-state index is 0.163. The standard InChI is InChI=1S/C27H33N3O5/c1-3-4-15-29-16-9-13-27-22(21-20(35-27)12-8-14-28(2)24(21)32)25(33)30(23(27)26(29)34)19(17-31)18-10-6-5-7-11-18/h5-13,19-23,31H,3-4,14-17H2,1-2H3/t19-,20-,21+,22+,23?,27+/m1/s1. The molecule has 4 aliphatic heterocycles. The highest BCUT2D eigenvalue weighted by atomic mass is 16.5. The van der Waals surface area contributed by atoms with Crippen molar-refractivity contribution in [3.05, 3.63) is 60.2 Å². The lowest BCUT2D eigenvalue weighted by Crippen LogP contribution is -2.56. The third kappa shape index (κ3) is 3.62. The molecule has 0 saturated carbocycles. The van der Waals surface area contributed by atoms with Crippen molar-refractivity contribution in [3.8, 4) is 0 Å². The lowest BCUT2D eigenvalue weighted by Gasteiger charge is -2.38. The molecule has 0 aromatic heterocycles. The Balaban J connectivity index is 1.65. The number of carbonyl (C=O) groups excluding carboxylic acids is 3. The Morgan fingerprint density at radius 2 is 1.86 bits per heavy atom. The smallest absolute Gasteiger partial charge is 0.249 e. The summed E-state index contributed by atoms with van der Waals surface area (Å²) in [5.41, 5.74) is -0.537. The Kier molecular flexibility index (Phi) is 6.27. The van der Waals surface area contributed by atoms with Gasteiger partial charge in [0.15, 0.2) is 0 Å². The number of fused-ring (bicyclic) bond motifs is 2. The first-order valence-electron chi connectivity index (χ1n) is 12.5. The van der Waals surface area contributed by atoms with Gasteiger partial charge in [0.2, 0.25) is 17.7 Å². The quantitative estimate of drug-likeness (QED) is 0.625. The van der Waals surface area contributed by atoms with E-state index in [1.165, 1.54) is 4.90 Å². The zero-order valence-corrected chi connectivity index (χ0v) is 20.2. The summed E-state index contributed by atoms with van der Waals surface area (Å²) in [6.07, 6.45) is 8.67. The number of carbonyl (C=O) groups is 3. The van der Waals surface area contributed by atoms with E-state index in [2.05, 4.69) is 6.92 Å². The van der Waals surface area contributed by atoms with Crippen molar-refractivity contribution in [2.45, 2.75) is 43.6 Å². The van der Waals surface area contributed by atoms with Crippen molar-refractivity contribution < 1.29 is 24.2 Å². The largest absolute Gasteiger partial charge is 0.394 e. The second kappa shape index (κ2) is 9.24. The van der Waals surface area contributed by atoms with E-state index in [1.54, 1.807) is 16.8 Å². The number of amides is 3. The average Bonchev–Trinajstić information content (AvgIpc) is 3.19. The van der Waals surface area contributed by atoms with Gasteiger partial charge in [0, 0.05) is 26.7 Å². The topological polar surface area (TPSA) is 90.4 Å². The third-order valence-corrected chi connectivity index (χ3v) is 7.86. The maximum absolute atomic E-state index is 14.3. The van der Waals surface area contributed by atoms with Gasteiger partial charge in [0.05, 0.1) is 30.6 Å². The number of likely N-dealkylation sites (tertiary alicyclic amines) is 1. The molecule has 1 unspecified atom stereocenters. The van der Waals surface area contributed by atoms with E-state index >= 15 is 0 Å². The SMILES string of the molecule is CCCCN1CC=C[C@]23O[C@@H]4C=CCN(C)C(=O)[C@@H]4[C@H]2C(=O)N([C@H](CO)c2ccccc2)C3C1=O. The summed E-state index contributed by atoms with van der Waals surface area (Å²) in [4.78, 5) is 46.7. The predicted octanol–water partition coefficient (Wildman–Crippen LogP) is 1.53. The fourth-order valence-electron chi connectivity index (χ4n) is 6.16. The average molecular weight is 480 g/mol. The maximum Gasteiger partial charge on any atom is 0.249 e. The van der Waals surface area contributed by atoms with Crippen LogP contribution in [0.15, 0.2) is 54.6 Å². The van der Waals surface area contributed by atoms with Crippen LogP contribution in [-0.4, -0.2) is 88.6 Å². The number of benzene rings is 1. The van der Waals surface area contributed by atoms with Gasteiger partial charge in [-0.15, -0.1) is 0 Å². The van der Waals surface area contributed by atoms with Crippen LogP contribution in [0.1, 0.15) is 31.4 Å². The summed E-state index contributed by atoms with van der Waals surface area (Å²) in [6.45, 7) is 3.16. The fourth-order valence-corrected chi connectivity index (χ4v) is 6.16. The summed E-state index contributed by atoms with van der Waals surface area (Å²) in [5.74, 6) is -2.26. The molecule has 4 aliphatic rings. The first kappa shape index (κ1) is 23.8. The fraction of sp³-hybridized carbons (Fsp3) is 0.519. The lowest BCUT2D eigenvalue weighted by molar-refractivity contribution is -0.151. The molecule has 1 spiro atoms. The van der Waals surface area contributed by atoms with Gasteiger partial charge >= 0.3 is 0 Å². The molecule has 2 saturated heterocycles. The predicted molar refractivity (Wildman–Crippen MR) is 129 cm³/mol. The normalized spacial score (nSPS) is 32.9. The maximum atomic E-state index is 14.3. The number of nitrogens with zero attached hydrogens (tertiary/aromatic N) is 3. The number of aliphatic hydroxyl groups is 1. The van der Waals surface area contributed by atoms with E-state index in [4.69, 9.17) is 4.74 Å². The number of hydrogen-bond donors (Lipinski definition) is 1. The second-order valence-corrected chi connectivity index (χ2v) is 9.88. The molecule has 6 atom stereocenters. The molecular formula is C27H33N3O5. The van der Waals surface area contributed by atoms with Crippen LogP contribution in [0, 0.1) is 11.8 Å². The van der Waals surface area contributed by atoms with E-state index < -0.39 is 35.6 Å². The second-order valence-electron chi connectivity index (χ2n) is 9.88. The van der Waals surface area contributed by atoms with E-state index in [0.717, 1.165) is 18.4 Å². The molecule has 0 radical (unpaired) electrons. The van der Waals surface area contributed by atoms with Gasteiger partial charge < -0.3 is 24.5 Å². The van der Waals surface area contributed by atoms with Crippen LogP contribution in [0.25, 0.3) is 0 Å². The van der Waals surface area contributed by atoms with Crippen LogP contribution in [-0.2, 0) is 19.1 Å². The van der Waals surface area contributed by atoms with Crippen LogP contribution >= 0.6 is 0 Å². The highest BCUT2D eigenvalue weighted by Gasteiger charge is 2.72. The zero-order chi connectivity index (χ0) is 24.7. The monoisotopic (exact) mass is 479 g/mol. The Labute approximate surface area is 205 Å². The van der Waals surface area contributed by atoms with Crippen molar-refractivity contribution in [1.29, 1.82) is 0 Å². The first-order valence-corrected chi connectivity index (χ1v) is 12.5. The van der Waals surface area contributed by atoms with Gasteiger partial charge in [-0.3, -0.25) is 14.4 Å². The van der Waals surface area contributed by atoms with Crippen molar-refractivity contribution in [2.75, 3.05) is 33.3 Å². The summed E-state index contributed by atoms with van der Waals surface area (Å²) in [6, 6.07) is 7.56. The summed E-state index contributed by atoms with van der Waals surface area (Å²) in [7, 11) is 1.72. The molecule has 8 nitrogen and oxygen atoms in total. The van der Waals surface area contributed by atoms with Crippen molar-refractivity contribution >= 4 is 17.7 Å². The van der Waals surface area contributed by atoms with Crippen LogP contribution < -0.4 is 0 Å². The van der Waals surface area contributed by atoms with Gasteiger partial charge in [-0.1, -0.05) is 68.0 Å². The molecule has 1 N–H and O–H groups in total. The summed E-state index contributed by atoms with van der Waals surface area (Å²) < 4.78 is 6.60. The Bertz CT molecular complexity index is 1060. The minimum atomic E-state index is -1.27. The third-order valence-electron chi connectivity index (χ3n) is 7.86. The molecule has 0 aliphatic carbocycles. The number of hydrogen-bond acceptors (Lipinski definition) is 5. The number of unbranched alkanes of at least 4 members (excludes halogenated alkanes) is 1. The highest BCUT2D eigenvalue weighted by molar-refractivity contribution is 6.00. The molecule has 1 aromatic rings. The van der Waals surface area contributed by atoms with Crippen LogP contribution in [0.2, 0.25) is 0 Å². The number of rotatable bonds is 6. The van der Waals surface area contributed by atoms with E-state index in [-0.39, 0.29) is 24.3 Å². The van der Waals surface area contributed by atoms with Crippen LogP contribution in [0.3, 0.4) is 0 Å². The molecule has 1 aromatic carbocycles. The van der Waals surface area contributed by atoms with Crippen LogP contribution in [0.5, 0.6) is 0 Å². The molecule has 2 fully saturated rings. The van der Waals surface area contributed by atoms with Gasteiger partial charge in [0.25, 0.3) is 0 Å². The Morgan fingerprint density at radius 1 is 1.09 bits per heavy atom. The summed E-state index contributed by atoms with van der Waals surface area (Å²) in [5, 5.41) is 10.5.